The van der Waals surface area contributed by atoms with Crippen LogP contribution >= 0.6 is 54.8 Å². The van der Waals surface area contributed by atoms with E-state index in [9.17, 15) is 0 Å². The molecule has 96 valence electrons. The van der Waals surface area contributed by atoms with Gasteiger partial charge in [-0.3, -0.25) is 0 Å². The highest BCUT2D eigenvalue weighted by atomic mass is 79.9. The number of nitrogens with zero attached hydrogens (tertiary/aromatic N) is 1. The second-order valence-electron chi connectivity index (χ2n) is 4.02. The molecule has 0 saturated carbocycles. The van der Waals surface area contributed by atoms with E-state index in [1.54, 1.807) is 11.3 Å². The van der Waals surface area contributed by atoms with Gasteiger partial charge in [-0.1, -0.05) is 15.9 Å². The third-order valence-electron chi connectivity index (χ3n) is 2.64. The minimum Gasteiger partial charge on any atom is -0.370 e. The first kappa shape index (κ1) is 14.4. The van der Waals surface area contributed by atoms with Crippen LogP contribution in [0, 0.1) is 0 Å². The lowest BCUT2D eigenvalue weighted by molar-refractivity contribution is 0.919. The molecule has 2 rings (SSSR count). The Kier molecular flexibility index (Phi) is 5.13. The molecule has 1 aromatic carbocycles. The number of rotatable bonds is 4. The van der Waals surface area contributed by atoms with Crippen molar-refractivity contribution in [1.82, 2.24) is 0 Å². The molecule has 0 spiro atoms. The van der Waals surface area contributed by atoms with Crippen molar-refractivity contribution < 1.29 is 0 Å². The third-order valence-corrected chi connectivity index (χ3v) is 4.97. The van der Waals surface area contributed by atoms with Crippen LogP contribution in [-0.2, 0) is 12.4 Å². The molecule has 2 aromatic rings. The lowest BCUT2D eigenvalue weighted by Crippen LogP contribution is -2.17. The van der Waals surface area contributed by atoms with Gasteiger partial charge in [0, 0.05) is 29.6 Å². The summed E-state index contributed by atoms with van der Waals surface area (Å²) >= 11 is 14.7. The number of hydrogen-bond donors (Lipinski definition) is 0. The Morgan fingerprint density at radius 1 is 1.28 bits per heavy atom. The van der Waals surface area contributed by atoms with Gasteiger partial charge in [0.1, 0.15) is 0 Å². The summed E-state index contributed by atoms with van der Waals surface area (Å²) in [4.78, 5) is 2.22. The Bertz CT molecular complexity index is 542. The monoisotopic (exact) mass is 407 g/mol. The normalized spacial score (nSPS) is 10.7. The Morgan fingerprint density at radius 2 is 2.06 bits per heavy atom. The summed E-state index contributed by atoms with van der Waals surface area (Å²) < 4.78 is 2.23. The van der Waals surface area contributed by atoms with Crippen LogP contribution in [0.4, 0.5) is 5.69 Å². The molecule has 0 aliphatic rings. The van der Waals surface area contributed by atoms with Gasteiger partial charge in [-0.2, -0.15) is 0 Å². The maximum atomic E-state index is 6.00. The van der Waals surface area contributed by atoms with Gasteiger partial charge < -0.3 is 4.90 Å². The number of halogens is 3. The minimum atomic E-state index is 0.520. The molecule has 1 nitrogen and oxygen atoms in total. The highest BCUT2D eigenvalue weighted by Crippen LogP contribution is 2.28. The highest BCUT2D eigenvalue weighted by molar-refractivity contribution is 9.11. The second kappa shape index (κ2) is 6.42. The molecule has 0 radical (unpaired) electrons. The third kappa shape index (κ3) is 3.50. The van der Waals surface area contributed by atoms with Crippen LogP contribution in [0.5, 0.6) is 0 Å². The van der Waals surface area contributed by atoms with E-state index in [-0.39, 0.29) is 0 Å². The van der Waals surface area contributed by atoms with Gasteiger partial charge in [0.15, 0.2) is 0 Å². The second-order valence-corrected chi connectivity index (χ2v) is 7.50. The first-order valence-corrected chi connectivity index (χ1v) is 8.38. The number of benzene rings is 1. The van der Waals surface area contributed by atoms with Gasteiger partial charge in [-0.15, -0.1) is 22.9 Å². The number of thiophene rings is 1. The van der Waals surface area contributed by atoms with E-state index < -0.39 is 0 Å². The molecular weight excluding hydrogens is 397 g/mol. The lowest BCUT2D eigenvalue weighted by atomic mass is 10.1. The van der Waals surface area contributed by atoms with Gasteiger partial charge in [-0.25, -0.2) is 0 Å². The Morgan fingerprint density at radius 3 is 2.67 bits per heavy atom. The van der Waals surface area contributed by atoms with Crippen LogP contribution in [0.1, 0.15) is 11.1 Å². The molecule has 0 saturated heterocycles. The van der Waals surface area contributed by atoms with Crippen molar-refractivity contribution in [3.8, 4) is 0 Å². The average Bonchev–Trinajstić information content (AvgIpc) is 2.74. The van der Waals surface area contributed by atoms with E-state index in [0.717, 1.165) is 16.6 Å². The molecular formula is C13H12Br2ClNS. The van der Waals surface area contributed by atoms with Crippen molar-refractivity contribution in [3.63, 3.8) is 0 Å². The number of anilines is 1. The fourth-order valence-corrected chi connectivity index (χ4v) is 3.64. The summed E-state index contributed by atoms with van der Waals surface area (Å²) in [5.74, 6) is 0.520. The van der Waals surface area contributed by atoms with E-state index >= 15 is 0 Å². The van der Waals surface area contributed by atoms with Crippen LogP contribution in [0.25, 0.3) is 0 Å². The Labute approximate surface area is 133 Å². The van der Waals surface area contributed by atoms with E-state index in [1.165, 1.54) is 15.0 Å². The quantitative estimate of drug-likeness (QED) is 0.590. The Hall–Kier alpha value is -0.0300. The highest BCUT2D eigenvalue weighted by Gasteiger charge is 2.09. The number of hydrogen-bond acceptors (Lipinski definition) is 2. The fourth-order valence-electron chi connectivity index (χ4n) is 1.82. The molecule has 0 atom stereocenters. The zero-order chi connectivity index (χ0) is 13.1. The first-order chi connectivity index (χ1) is 8.60. The standard InChI is InChI=1S/C13H12Br2ClNS/c1-17(7-9-4-13(15)18-8-9)12-3-2-11(14)5-10(12)6-16/h2-5,8H,6-7H2,1H3. The molecule has 0 unspecified atom stereocenters. The van der Waals surface area contributed by atoms with Crippen molar-refractivity contribution in [2.45, 2.75) is 12.4 Å². The van der Waals surface area contributed by atoms with E-state index in [1.807, 2.05) is 6.07 Å². The van der Waals surface area contributed by atoms with Crippen LogP contribution in [-0.4, -0.2) is 7.05 Å². The minimum absolute atomic E-state index is 0.520. The molecule has 1 heterocycles. The molecule has 0 aliphatic carbocycles. The average molecular weight is 410 g/mol. The summed E-state index contributed by atoms with van der Waals surface area (Å²) in [6, 6.07) is 8.37. The molecule has 18 heavy (non-hydrogen) atoms. The van der Waals surface area contributed by atoms with Gasteiger partial charge in [0.25, 0.3) is 0 Å². The van der Waals surface area contributed by atoms with Crippen LogP contribution in [0.15, 0.2) is 37.9 Å². The SMILES string of the molecule is CN(Cc1csc(Br)c1)c1ccc(Br)cc1CCl. The van der Waals surface area contributed by atoms with Crippen molar-refractivity contribution in [2.24, 2.45) is 0 Å². The van der Waals surface area contributed by atoms with Gasteiger partial charge in [0.05, 0.1) is 3.79 Å². The predicted octanol–water partition coefficient (Wildman–Crippen LogP) is 5.65. The lowest BCUT2D eigenvalue weighted by Gasteiger charge is -2.21. The van der Waals surface area contributed by atoms with E-state index in [0.29, 0.717) is 5.88 Å². The summed E-state index contributed by atoms with van der Waals surface area (Å²) in [6.45, 7) is 0.883. The van der Waals surface area contributed by atoms with E-state index in [4.69, 9.17) is 11.6 Å². The van der Waals surface area contributed by atoms with Crippen molar-refractivity contribution >= 4 is 60.5 Å². The summed E-state index contributed by atoms with van der Waals surface area (Å²) in [5, 5.41) is 2.17. The predicted molar refractivity (Wildman–Crippen MR) is 87.8 cm³/mol. The first-order valence-electron chi connectivity index (χ1n) is 5.38. The summed E-state index contributed by atoms with van der Waals surface area (Å²) in [5.41, 5.74) is 3.62. The van der Waals surface area contributed by atoms with Crippen molar-refractivity contribution in [2.75, 3.05) is 11.9 Å². The fraction of sp³-hybridized carbons (Fsp3) is 0.231. The topological polar surface area (TPSA) is 3.24 Å². The Balaban J connectivity index is 2.20. The largest absolute Gasteiger partial charge is 0.370 e. The zero-order valence-electron chi connectivity index (χ0n) is 9.79. The van der Waals surface area contributed by atoms with Crippen LogP contribution in [0.3, 0.4) is 0 Å². The zero-order valence-corrected chi connectivity index (χ0v) is 14.5. The molecule has 0 aliphatic heterocycles. The van der Waals surface area contributed by atoms with Crippen molar-refractivity contribution in [3.05, 3.63) is 49.0 Å². The summed E-state index contributed by atoms with van der Waals surface area (Å²) in [6.07, 6.45) is 0. The van der Waals surface area contributed by atoms with E-state index in [2.05, 4.69) is 67.4 Å². The van der Waals surface area contributed by atoms with Gasteiger partial charge in [0.2, 0.25) is 0 Å². The van der Waals surface area contributed by atoms with Crippen molar-refractivity contribution in [1.29, 1.82) is 0 Å². The molecule has 1 aromatic heterocycles. The van der Waals surface area contributed by atoms with Gasteiger partial charge in [-0.05, 0) is 56.7 Å². The maximum Gasteiger partial charge on any atom is 0.0701 e. The number of alkyl halides is 1. The molecule has 0 fully saturated rings. The molecule has 0 amide bonds. The van der Waals surface area contributed by atoms with Crippen LogP contribution < -0.4 is 4.90 Å². The smallest absolute Gasteiger partial charge is 0.0701 e. The van der Waals surface area contributed by atoms with Gasteiger partial charge >= 0.3 is 0 Å². The molecule has 5 heteroatoms. The summed E-state index contributed by atoms with van der Waals surface area (Å²) in [7, 11) is 2.09. The molecule has 0 N–H and O–H groups in total. The maximum absolute atomic E-state index is 6.00. The van der Waals surface area contributed by atoms with Crippen LogP contribution in [0.2, 0.25) is 0 Å². The molecule has 0 bridgehead atoms.